The number of piperidine rings is 1. The average Bonchev–Trinajstić information content (AvgIpc) is 2.84. The Labute approximate surface area is 156 Å². The topological polar surface area (TPSA) is 52.7 Å². The van der Waals surface area contributed by atoms with E-state index in [0.717, 1.165) is 25.1 Å². The minimum absolute atomic E-state index is 0.185. The highest BCUT2D eigenvalue weighted by Crippen LogP contribution is 2.48. The zero-order chi connectivity index (χ0) is 20.0. The van der Waals surface area contributed by atoms with Gasteiger partial charge in [-0.3, -0.25) is 9.59 Å². The lowest BCUT2D eigenvalue weighted by molar-refractivity contribution is -0.181. The van der Waals surface area contributed by atoms with Gasteiger partial charge >= 0.3 is 6.18 Å². The fourth-order valence-electron chi connectivity index (χ4n) is 4.13. The molecular formula is C19H24F3N3O2. The van der Waals surface area contributed by atoms with Crippen molar-refractivity contribution in [1.29, 1.82) is 0 Å². The Bertz CT molecular complexity index is 757. The number of anilines is 1. The minimum Gasteiger partial charge on any atom is -0.332 e. The molecule has 2 amide bonds. The van der Waals surface area contributed by atoms with Crippen molar-refractivity contribution in [1.82, 2.24) is 10.2 Å². The molecule has 8 heteroatoms. The number of hydrogen-bond acceptors (Lipinski definition) is 3. The van der Waals surface area contributed by atoms with Crippen LogP contribution in [-0.4, -0.2) is 55.6 Å². The van der Waals surface area contributed by atoms with Crippen molar-refractivity contribution < 1.29 is 22.8 Å². The zero-order valence-corrected chi connectivity index (χ0v) is 15.7. The molecule has 1 spiro atoms. The lowest BCUT2D eigenvalue weighted by atomic mass is 9.72. The van der Waals surface area contributed by atoms with Gasteiger partial charge in [0, 0.05) is 12.7 Å². The second-order valence-electron chi connectivity index (χ2n) is 7.41. The van der Waals surface area contributed by atoms with Crippen molar-refractivity contribution in [3.63, 3.8) is 0 Å². The molecule has 5 nitrogen and oxygen atoms in total. The van der Waals surface area contributed by atoms with E-state index in [0.29, 0.717) is 36.5 Å². The van der Waals surface area contributed by atoms with Gasteiger partial charge in [-0.15, -0.1) is 0 Å². The molecule has 2 aliphatic rings. The number of likely N-dealkylation sites (N-methyl/N-ethyl adjacent to an activating group) is 1. The average molecular weight is 383 g/mol. The molecule has 0 aliphatic carbocycles. The predicted octanol–water partition coefficient (Wildman–Crippen LogP) is 2.37. The van der Waals surface area contributed by atoms with Crippen LogP contribution in [0.1, 0.15) is 30.9 Å². The Morgan fingerprint density at radius 3 is 2.56 bits per heavy atom. The third-order valence-corrected chi connectivity index (χ3v) is 5.87. The van der Waals surface area contributed by atoms with Gasteiger partial charge in [0.1, 0.15) is 12.6 Å². The van der Waals surface area contributed by atoms with E-state index in [9.17, 15) is 22.8 Å². The van der Waals surface area contributed by atoms with Gasteiger partial charge in [0.2, 0.25) is 11.8 Å². The Balaban J connectivity index is 1.92. The van der Waals surface area contributed by atoms with Crippen molar-refractivity contribution in [2.45, 2.75) is 44.3 Å². The SMILES string of the molecule is Cc1cccc2c1C1(CCNCC1)C(=O)N2CC(=O)N(C)[C@H](C)C(F)(F)F. The zero-order valence-electron chi connectivity index (χ0n) is 15.7. The number of carbonyl (C=O) groups is 2. The maximum Gasteiger partial charge on any atom is 0.408 e. The Morgan fingerprint density at radius 1 is 1.33 bits per heavy atom. The van der Waals surface area contributed by atoms with Crippen molar-refractivity contribution >= 4 is 17.5 Å². The highest BCUT2D eigenvalue weighted by Gasteiger charge is 2.52. The second-order valence-corrected chi connectivity index (χ2v) is 7.41. The number of fused-ring (bicyclic) bond motifs is 2. The third kappa shape index (κ3) is 3.20. The quantitative estimate of drug-likeness (QED) is 0.872. The summed E-state index contributed by atoms with van der Waals surface area (Å²) in [6.07, 6.45) is -3.28. The number of aryl methyl sites for hydroxylation is 1. The first kappa shape index (κ1) is 19.7. The molecule has 1 fully saturated rings. The van der Waals surface area contributed by atoms with E-state index >= 15 is 0 Å². The van der Waals surface area contributed by atoms with Crippen molar-refractivity contribution in [2.24, 2.45) is 0 Å². The highest BCUT2D eigenvalue weighted by atomic mass is 19.4. The number of rotatable bonds is 3. The molecular weight excluding hydrogens is 359 g/mol. The van der Waals surface area contributed by atoms with E-state index in [1.807, 2.05) is 13.0 Å². The van der Waals surface area contributed by atoms with E-state index in [-0.39, 0.29) is 12.5 Å². The molecule has 2 aliphatic heterocycles. The van der Waals surface area contributed by atoms with Gasteiger partial charge in [-0.25, -0.2) is 0 Å². The molecule has 27 heavy (non-hydrogen) atoms. The smallest absolute Gasteiger partial charge is 0.332 e. The molecule has 1 aromatic rings. The molecule has 1 atom stereocenters. The minimum atomic E-state index is -4.51. The van der Waals surface area contributed by atoms with Crippen LogP contribution in [0.5, 0.6) is 0 Å². The first-order valence-corrected chi connectivity index (χ1v) is 9.05. The maximum absolute atomic E-state index is 13.3. The summed E-state index contributed by atoms with van der Waals surface area (Å²) < 4.78 is 38.8. The summed E-state index contributed by atoms with van der Waals surface area (Å²) in [5.74, 6) is -0.915. The summed E-state index contributed by atoms with van der Waals surface area (Å²) in [5, 5.41) is 3.24. The van der Waals surface area contributed by atoms with Crippen LogP contribution in [0.25, 0.3) is 0 Å². The van der Waals surface area contributed by atoms with Gasteiger partial charge in [-0.05, 0) is 57.0 Å². The monoisotopic (exact) mass is 383 g/mol. The number of benzene rings is 1. The second kappa shape index (κ2) is 6.82. The lowest BCUT2D eigenvalue weighted by Gasteiger charge is -2.34. The van der Waals surface area contributed by atoms with E-state index in [1.165, 1.54) is 4.90 Å². The van der Waals surface area contributed by atoms with E-state index < -0.39 is 23.5 Å². The first-order chi connectivity index (χ1) is 12.6. The van der Waals surface area contributed by atoms with Gasteiger partial charge in [-0.2, -0.15) is 13.2 Å². The van der Waals surface area contributed by atoms with E-state index in [4.69, 9.17) is 0 Å². The Hall–Kier alpha value is -2.09. The van der Waals surface area contributed by atoms with Crippen LogP contribution >= 0.6 is 0 Å². The largest absolute Gasteiger partial charge is 0.408 e. The van der Waals surface area contributed by atoms with Crippen molar-refractivity contribution in [3.05, 3.63) is 29.3 Å². The normalized spacial score (nSPS) is 19.9. The highest BCUT2D eigenvalue weighted by molar-refractivity contribution is 6.11. The number of carbonyl (C=O) groups excluding carboxylic acids is 2. The van der Waals surface area contributed by atoms with Gasteiger partial charge < -0.3 is 15.1 Å². The van der Waals surface area contributed by atoms with Gasteiger partial charge in [0.05, 0.1) is 5.41 Å². The van der Waals surface area contributed by atoms with Crippen molar-refractivity contribution in [2.75, 3.05) is 31.6 Å². The summed E-state index contributed by atoms with van der Waals surface area (Å²) in [4.78, 5) is 27.9. The fourth-order valence-corrected chi connectivity index (χ4v) is 4.13. The summed E-state index contributed by atoms with van der Waals surface area (Å²) in [7, 11) is 1.12. The lowest BCUT2D eigenvalue weighted by Crippen LogP contribution is -2.51. The number of hydrogen-bond donors (Lipinski definition) is 1. The standard InChI is InChI=1S/C19H24F3N3O2/c1-12-5-4-6-14-16(12)18(7-9-23-10-8-18)17(27)25(14)11-15(26)24(3)13(2)19(20,21)22/h4-6,13,23H,7-11H2,1-3H3/t13-/m1/s1. The number of amides is 2. The maximum atomic E-state index is 13.3. The van der Waals surface area contributed by atoms with Crippen LogP contribution in [0, 0.1) is 6.92 Å². The molecule has 3 rings (SSSR count). The number of alkyl halides is 3. The molecule has 1 saturated heterocycles. The summed E-state index contributed by atoms with van der Waals surface area (Å²) in [5.41, 5.74) is 1.83. The van der Waals surface area contributed by atoms with Gasteiger partial charge in [0.25, 0.3) is 0 Å². The Morgan fingerprint density at radius 2 is 1.96 bits per heavy atom. The molecule has 0 unspecified atom stereocenters. The summed E-state index contributed by atoms with van der Waals surface area (Å²) in [6, 6.07) is 3.60. The third-order valence-electron chi connectivity index (χ3n) is 5.87. The van der Waals surface area contributed by atoms with Gasteiger partial charge in [0.15, 0.2) is 0 Å². The molecule has 0 aromatic heterocycles. The van der Waals surface area contributed by atoms with Crippen LogP contribution in [0.4, 0.5) is 18.9 Å². The predicted molar refractivity (Wildman–Crippen MR) is 95.6 cm³/mol. The number of halogens is 3. The number of nitrogens with one attached hydrogen (secondary N) is 1. The first-order valence-electron chi connectivity index (χ1n) is 9.05. The summed E-state index contributed by atoms with van der Waals surface area (Å²) >= 11 is 0. The van der Waals surface area contributed by atoms with Crippen LogP contribution in [-0.2, 0) is 15.0 Å². The van der Waals surface area contributed by atoms with Gasteiger partial charge in [-0.1, -0.05) is 12.1 Å². The fraction of sp³-hybridized carbons (Fsp3) is 0.579. The Kier molecular flexibility index (Phi) is 4.96. The van der Waals surface area contributed by atoms with Crippen LogP contribution in [0.15, 0.2) is 18.2 Å². The molecule has 0 saturated carbocycles. The van der Waals surface area contributed by atoms with Crippen LogP contribution in [0.3, 0.4) is 0 Å². The van der Waals surface area contributed by atoms with Crippen LogP contribution in [0.2, 0.25) is 0 Å². The molecule has 0 radical (unpaired) electrons. The van der Waals surface area contributed by atoms with Crippen molar-refractivity contribution in [3.8, 4) is 0 Å². The molecule has 0 bridgehead atoms. The van der Waals surface area contributed by atoms with E-state index in [1.54, 1.807) is 12.1 Å². The summed E-state index contributed by atoms with van der Waals surface area (Å²) in [6.45, 7) is 3.86. The molecule has 2 heterocycles. The molecule has 1 N–H and O–H groups in total. The number of nitrogens with zero attached hydrogens (tertiary/aromatic N) is 2. The van der Waals surface area contributed by atoms with Crippen LogP contribution < -0.4 is 10.2 Å². The molecule has 148 valence electrons. The van der Waals surface area contributed by atoms with E-state index in [2.05, 4.69) is 5.32 Å². The molecule has 1 aromatic carbocycles.